The summed E-state index contributed by atoms with van der Waals surface area (Å²) in [5.74, 6) is 0. The minimum atomic E-state index is -5.17. The maximum atomic E-state index is 8.52. The maximum Gasteiger partial charge on any atom is 0.369 e. The zero-order chi connectivity index (χ0) is 28.6. The predicted molar refractivity (Wildman–Crippen MR) is 148 cm³/mol. The molecule has 0 aromatic carbocycles. The first kappa shape index (κ1) is 39.9. The van der Waals surface area contributed by atoms with E-state index < -0.39 is 26.3 Å². The largest absolute Gasteiger partial charge is 0.759 e. The Morgan fingerprint density at radius 1 is 0.543 bits per heavy atom. The van der Waals surface area contributed by atoms with Gasteiger partial charge in [-0.25, -0.2) is 0 Å². The van der Waals surface area contributed by atoms with Gasteiger partial charge in [0, 0.05) is 95.0 Å². The monoisotopic (exact) mass is 568 g/mol. The summed E-state index contributed by atoms with van der Waals surface area (Å²) in [6.07, 6.45) is 4.59. The van der Waals surface area contributed by atoms with Gasteiger partial charge >= 0.3 is 15.9 Å². The van der Waals surface area contributed by atoms with E-state index in [0.717, 1.165) is 26.1 Å². The Kier molecular flexibility index (Phi) is 22.2. The van der Waals surface area contributed by atoms with Crippen LogP contribution in [0.4, 0.5) is 0 Å². The third-order valence-corrected chi connectivity index (χ3v) is 12.0. The zero-order valence-electron chi connectivity index (χ0n) is 24.7. The van der Waals surface area contributed by atoms with Crippen LogP contribution in [0.1, 0.15) is 39.5 Å². The quantitative estimate of drug-likeness (QED) is 0.133. The molecule has 0 aliphatic carbocycles. The molecule has 0 N–H and O–H groups in total. The van der Waals surface area contributed by atoms with Crippen molar-refractivity contribution < 1.29 is 26.6 Å². The van der Waals surface area contributed by atoms with E-state index in [4.69, 9.17) is 26.6 Å². The van der Waals surface area contributed by atoms with Crippen molar-refractivity contribution >= 4 is 26.3 Å². The topological polar surface area (TPSA) is 118 Å². The summed E-state index contributed by atoms with van der Waals surface area (Å²) >= 11 is 0. The molecule has 0 heterocycles. The van der Waals surface area contributed by atoms with Crippen LogP contribution < -0.4 is 0 Å². The fourth-order valence-corrected chi connectivity index (χ4v) is 9.93. The first-order valence-corrected chi connectivity index (χ1v) is 16.1. The van der Waals surface area contributed by atoms with E-state index in [1.54, 1.807) is 0 Å². The van der Waals surface area contributed by atoms with Gasteiger partial charge in [-0.05, 0) is 12.8 Å². The van der Waals surface area contributed by atoms with Gasteiger partial charge in [-0.3, -0.25) is 8.42 Å². The lowest BCUT2D eigenvalue weighted by Gasteiger charge is -2.37. The lowest BCUT2D eigenvalue weighted by molar-refractivity contribution is 0.235. The molecule has 0 radical (unpaired) electrons. The van der Waals surface area contributed by atoms with Crippen LogP contribution in [-0.4, -0.2) is 143 Å². The lowest BCUT2D eigenvalue weighted by atomic mass is 10.4. The summed E-state index contributed by atoms with van der Waals surface area (Å²) in [5.41, 5.74) is 0. The Morgan fingerprint density at radius 3 is 0.829 bits per heavy atom. The van der Waals surface area contributed by atoms with Crippen LogP contribution in [0.3, 0.4) is 0 Å². The molecule has 0 saturated heterocycles. The van der Waals surface area contributed by atoms with Gasteiger partial charge in [-0.1, -0.05) is 26.7 Å². The van der Waals surface area contributed by atoms with Crippen molar-refractivity contribution in [2.45, 2.75) is 39.5 Å². The Bertz CT molecular complexity index is 536. The smallest absolute Gasteiger partial charge is 0.369 e. The second kappa shape index (κ2) is 19.5. The molecule has 15 heteroatoms. The van der Waals surface area contributed by atoms with E-state index in [1.807, 2.05) is 0 Å². The van der Waals surface area contributed by atoms with Gasteiger partial charge in [0.1, 0.15) is 0 Å². The molecule has 0 aliphatic heterocycles. The van der Waals surface area contributed by atoms with Gasteiger partial charge in [0.15, 0.2) is 0 Å². The maximum absolute atomic E-state index is 8.52. The minimum absolute atomic E-state index is 0.832. The molecular weight excluding hydrogens is 514 g/mol. The molecule has 0 rings (SSSR count). The first-order chi connectivity index (χ1) is 15.8. The normalized spacial score (nSPS) is 13.0. The van der Waals surface area contributed by atoms with Gasteiger partial charge in [0.25, 0.3) is 0 Å². The number of nitrogens with zero attached hydrogens (tertiary/aromatic N) is 6. The molecule has 0 amide bonds. The van der Waals surface area contributed by atoms with Crippen LogP contribution in [0.15, 0.2) is 0 Å². The average molecular weight is 569 g/mol. The Labute approximate surface area is 218 Å². The minimum Gasteiger partial charge on any atom is -0.759 e. The Balaban J connectivity index is -0.000000491. The van der Waals surface area contributed by atoms with Crippen molar-refractivity contribution in [3.05, 3.63) is 0 Å². The van der Waals surface area contributed by atoms with Crippen molar-refractivity contribution in [3.8, 4) is 0 Å². The van der Waals surface area contributed by atoms with Gasteiger partial charge in [-0.2, -0.15) is 9.05 Å². The summed E-state index contributed by atoms with van der Waals surface area (Å²) in [4.78, 5) is 0. The van der Waals surface area contributed by atoms with E-state index in [-0.39, 0.29) is 0 Å². The number of unbranched alkanes of at least 4 members (excludes halogenated alkanes) is 2. The highest BCUT2D eigenvalue weighted by Crippen LogP contribution is 2.65. The molecule has 0 aromatic heterocycles. The Hall–Kier alpha value is 0.410. The highest BCUT2D eigenvalue weighted by Gasteiger charge is 2.51. The van der Waals surface area contributed by atoms with Crippen LogP contribution in [-0.2, 0) is 19.4 Å². The molecule has 0 aliphatic rings. The molecule has 0 fully saturated rings. The van der Waals surface area contributed by atoms with Crippen molar-refractivity contribution in [2.75, 3.05) is 97.8 Å². The third kappa shape index (κ3) is 15.4. The lowest BCUT2D eigenvalue weighted by Crippen LogP contribution is -2.37. The molecule has 0 atom stereocenters. The van der Waals surface area contributed by atoms with Crippen molar-refractivity contribution in [1.29, 1.82) is 0 Å². The molecule has 0 bridgehead atoms. The van der Waals surface area contributed by atoms with Gasteiger partial charge in [0.05, 0.1) is 13.2 Å². The molecule has 12 nitrogen and oxygen atoms in total. The van der Waals surface area contributed by atoms with Crippen molar-refractivity contribution in [2.24, 2.45) is 0 Å². The average Bonchev–Trinajstić information content (AvgIpc) is 2.66. The van der Waals surface area contributed by atoms with E-state index in [0.29, 0.717) is 0 Å². The molecule has 216 valence electrons. The zero-order valence-corrected chi connectivity index (χ0v) is 27.3. The molecule has 0 spiro atoms. The van der Waals surface area contributed by atoms with Gasteiger partial charge in [0.2, 0.25) is 0 Å². The fourth-order valence-electron chi connectivity index (χ4n) is 3.50. The molecule has 0 aromatic rings. The summed E-state index contributed by atoms with van der Waals surface area (Å²) in [6, 6.07) is 0. The van der Waals surface area contributed by atoms with Crippen molar-refractivity contribution in [1.82, 2.24) is 28.0 Å². The van der Waals surface area contributed by atoms with E-state index in [2.05, 4.69) is 126 Å². The second-order valence-electron chi connectivity index (χ2n) is 8.89. The molecule has 0 unspecified atom stereocenters. The van der Waals surface area contributed by atoms with Gasteiger partial charge in [-0.15, -0.1) is 28.0 Å². The second-order valence-corrected chi connectivity index (χ2v) is 17.1. The van der Waals surface area contributed by atoms with Crippen LogP contribution in [0.2, 0.25) is 0 Å². The van der Waals surface area contributed by atoms with Crippen LogP contribution >= 0.6 is 15.9 Å². The fraction of sp³-hybridized carbons (Fsp3) is 1.00. The SMILES string of the molecule is CCCCO[P+](N(C)C)(N(C)C)N(C)C.CCCCO[P+](N(C)C)(N(C)C)N(C)C.O=S(=O)([O-])[O-]. The number of hydrogen-bond donors (Lipinski definition) is 0. The standard InChI is InChI=1S/2C10H27N3OP.H2O4S/c2*1-8-9-10-14-15(11(2)3,12(4)5)13(6)7;1-5(2,3)4/h2*8-10H2,1-7H3;(H2,1,2,3,4)/q2*+1;/p-2. The highest BCUT2D eigenvalue weighted by atomic mass is 32.3. The number of hydrogen-bond acceptors (Lipinski definition) is 12. The molecule has 0 saturated carbocycles. The third-order valence-electron chi connectivity index (χ3n) is 4.65. The van der Waals surface area contributed by atoms with E-state index in [9.17, 15) is 0 Å². The van der Waals surface area contributed by atoms with E-state index in [1.165, 1.54) is 12.8 Å². The summed E-state index contributed by atoms with van der Waals surface area (Å²) in [6.45, 7) is 6.03. The van der Waals surface area contributed by atoms with Crippen molar-refractivity contribution in [3.63, 3.8) is 0 Å². The van der Waals surface area contributed by atoms with Gasteiger partial charge < -0.3 is 9.11 Å². The molecule has 35 heavy (non-hydrogen) atoms. The molecular formula is C20H54N6O6P2S. The predicted octanol–water partition coefficient (Wildman–Crippen LogP) is 2.99. The van der Waals surface area contributed by atoms with Crippen LogP contribution in [0, 0.1) is 0 Å². The Morgan fingerprint density at radius 2 is 0.714 bits per heavy atom. The first-order valence-electron chi connectivity index (χ1n) is 11.6. The van der Waals surface area contributed by atoms with Crippen LogP contribution in [0.25, 0.3) is 0 Å². The van der Waals surface area contributed by atoms with E-state index >= 15 is 0 Å². The highest BCUT2D eigenvalue weighted by molar-refractivity contribution is 7.79. The summed E-state index contributed by atoms with van der Waals surface area (Å²) < 4.78 is 59.6. The van der Waals surface area contributed by atoms with Crippen LogP contribution in [0.5, 0.6) is 0 Å². The summed E-state index contributed by atoms with van der Waals surface area (Å²) in [7, 11) is 16.3. The number of rotatable bonds is 14. The summed E-state index contributed by atoms with van der Waals surface area (Å²) in [5, 5.41) is 0.